The molecule has 18 heavy (non-hydrogen) atoms. The van der Waals surface area contributed by atoms with Crippen LogP contribution in [0.1, 0.15) is 37.7 Å². The quantitative estimate of drug-likeness (QED) is 0.827. The molecule has 0 spiro atoms. The smallest absolute Gasteiger partial charge is 0.123 e. The summed E-state index contributed by atoms with van der Waals surface area (Å²) in [5.74, 6) is -0.240. The van der Waals surface area contributed by atoms with E-state index in [-0.39, 0.29) is 5.82 Å². The fourth-order valence-electron chi connectivity index (χ4n) is 3.65. The molecule has 2 nitrogen and oxygen atoms in total. The van der Waals surface area contributed by atoms with Gasteiger partial charge in [0.05, 0.1) is 5.60 Å². The molecule has 98 valence electrons. The lowest BCUT2D eigenvalue weighted by atomic mass is 9.73. The molecule has 1 aromatic rings. The highest BCUT2D eigenvalue weighted by molar-refractivity contribution is 5.25. The van der Waals surface area contributed by atoms with E-state index in [0.717, 1.165) is 31.2 Å². The van der Waals surface area contributed by atoms with Crippen LogP contribution in [-0.4, -0.2) is 29.1 Å². The van der Waals surface area contributed by atoms with Crippen LogP contribution in [0.25, 0.3) is 0 Å². The Morgan fingerprint density at radius 1 is 1.17 bits per heavy atom. The third-order valence-electron chi connectivity index (χ3n) is 4.75. The van der Waals surface area contributed by atoms with Gasteiger partial charge in [-0.15, -0.1) is 0 Å². The van der Waals surface area contributed by atoms with E-state index in [1.165, 1.54) is 18.6 Å². The van der Waals surface area contributed by atoms with Crippen LogP contribution in [0, 0.1) is 5.82 Å². The number of hydrogen-bond donors (Lipinski definition) is 1. The maximum atomic E-state index is 13.0. The first-order chi connectivity index (χ1) is 8.58. The molecule has 2 bridgehead atoms. The van der Waals surface area contributed by atoms with Crippen LogP contribution in [0.4, 0.5) is 4.39 Å². The fraction of sp³-hybridized carbons (Fsp3) is 0.600. The first-order valence-corrected chi connectivity index (χ1v) is 6.79. The van der Waals surface area contributed by atoms with Gasteiger partial charge in [0, 0.05) is 12.1 Å². The molecule has 2 fully saturated rings. The van der Waals surface area contributed by atoms with Gasteiger partial charge in [0.15, 0.2) is 0 Å². The lowest BCUT2D eigenvalue weighted by molar-refractivity contribution is -0.0874. The lowest BCUT2D eigenvalue weighted by Gasteiger charge is -2.50. The number of piperidine rings is 2. The lowest BCUT2D eigenvalue weighted by Crippen LogP contribution is -2.55. The van der Waals surface area contributed by atoms with Crippen LogP contribution in [0.15, 0.2) is 24.3 Å². The second-order valence-corrected chi connectivity index (χ2v) is 5.85. The Kier molecular flexibility index (Phi) is 2.91. The highest BCUT2D eigenvalue weighted by atomic mass is 19.1. The number of halogens is 1. The Bertz CT molecular complexity index is 417. The van der Waals surface area contributed by atoms with E-state index < -0.39 is 5.60 Å². The van der Waals surface area contributed by atoms with E-state index in [1.54, 1.807) is 12.1 Å². The average molecular weight is 249 g/mol. The minimum absolute atomic E-state index is 0.240. The predicted octanol–water partition coefficient (Wildman–Crippen LogP) is 2.66. The van der Waals surface area contributed by atoms with Crippen molar-refractivity contribution in [3.63, 3.8) is 0 Å². The van der Waals surface area contributed by atoms with Gasteiger partial charge >= 0.3 is 0 Å². The Morgan fingerprint density at radius 3 is 2.28 bits per heavy atom. The second-order valence-electron chi connectivity index (χ2n) is 5.85. The Hall–Kier alpha value is -0.930. The second kappa shape index (κ2) is 4.32. The zero-order valence-corrected chi connectivity index (χ0v) is 10.8. The molecule has 2 atom stereocenters. The molecule has 0 saturated carbocycles. The molecule has 0 radical (unpaired) electrons. The molecular formula is C15H20FNO. The summed E-state index contributed by atoms with van der Waals surface area (Å²) in [6, 6.07) is 7.29. The van der Waals surface area contributed by atoms with Crippen LogP contribution in [0.5, 0.6) is 0 Å². The maximum Gasteiger partial charge on any atom is 0.123 e. The van der Waals surface area contributed by atoms with Gasteiger partial charge in [0.25, 0.3) is 0 Å². The first kappa shape index (κ1) is 12.1. The van der Waals surface area contributed by atoms with Crippen LogP contribution >= 0.6 is 0 Å². The van der Waals surface area contributed by atoms with E-state index >= 15 is 0 Å². The number of hydrogen-bond acceptors (Lipinski definition) is 2. The van der Waals surface area contributed by atoms with Gasteiger partial charge in [-0.3, -0.25) is 0 Å². The molecule has 0 amide bonds. The summed E-state index contributed by atoms with van der Waals surface area (Å²) < 4.78 is 13.0. The molecule has 2 unspecified atom stereocenters. The fourth-order valence-corrected chi connectivity index (χ4v) is 3.65. The molecule has 2 aliphatic rings. The van der Waals surface area contributed by atoms with Crippen molar-refractivity contribution in [2.75, 3.05) is 7.05 Å². The molecule has 0 aromatic heterocycles. The van der Waals surface area contributed by atoms with Gasteiger partial charge in [-0.2, -0.15) is 0 Å². The highest BCUT2D eigenvalue weighted by Crippen LogP contribution is 2.43. The third-order valence-corrected chi connectivity index (χ3v) is 4.75. The van der Waals surface area contributed by atoms with Gasteiger partial charge in [-0.05, 0) is 50.4 Å². The molecule has 1 aromatic carbocycles. The van der Waals surface area contributed by atoms with Crippen LogP contribution in [0.2, 0.25) is 0 Å². The van der Waals surface area contributed by atoms with Crippen molar-refractivity contribution in [2.45, 2.75) is 49.8 Å². The number of benzene rings is 1. The highest BCUT2D eigenvalue weighted by Gasteiger charge is 2.44. The molecule has 2 saturated heterocycles. The van der Waals surface area contributed by atoms with Gasteiger partial charge in [-0.1, -0.05) is 18.6 Å². The topological polar surface area (TPSA) is 23.5 Å². The third kappa shape index (κ3) is 1.95. The Balaban J connectivity index is 1.89. The molecule has 3 rings (SSSR count). The normalized spacial score (nSPS) is 36.6. The maximum absolute atomic E-state index is 13.0. The van der Waals surface area contributed by atoms with Crippen molar-refractivity contribution < 1.29 is 9.50 Å². The number of rotatable bonds is 1. The summed E-state index contributed by atoms with van der Waals surface area (Å²) in [6.45, 7) is 0. The monoisotopic (exact) mass is 249 g/mol. The zero-order chi connectivity index (χ0) is 12.8. The molecule has 2 aliphatic heterocycles. The van der Waals surface area contributed by atoms with E-state index in [2.05, 4.69) is 11.9 Å². The first-order valence-electron chi connectivity index (χ1n) is 6.79. The summed E-state index contributed by atoms with van der Waals surface area (Å²) >= 11 is 0. The minimum Gasteiger partial charge on any atom is -0.385 e. The van der Waals surface area contributed by atoms with E-state index in [1.807, 2.05) is 0 Å². The standard InChI is InChI=1S/C15H20FNO/c1-17-13-3-2-4-14(17)10-15(18,9-13)11-5-7-12(16)8-6-11/h5-8,13-14,18H,2-4,9-10H2,1H3. The van der Waals surface area contributed by atoms with E-state index in [9.17, 15) is 9.50 Å². The van der Waals surface area contributed by atoms with Gasteiger partial charge < -0.3 is 10.0 Å². The summed E-state index contributed by atoms with van der Waals surface area (Å²) in [5, 5.41) is 10.9. The largest absolute Gasteiger partial charge is 0.385 e. The van der Waals surface area contributed by atoms with Crippen LogP contribution in [-0.2, 0) is 5.60 Å². The molecule has 3 heteroatoms. The van der Waals surface area contributed by atoms with Crippen LogP contribution in [0.3, 0.4) is 0 Å². The molecule has 0 aliphatic carbocycles. The Labute approximate surface area is 107 Å². The Morgan fingerprint density at radius 2 is 1.72 bits per heavy atom. The molecular weight excluding hydrogens is 229 g/mol. The van der Waals surface area contributed by atoms with Crippen molar-refractivity contribution >= 4 is 0 Å². The van der Waals surface area contributed by atoms with Gasteiger partial charge in [-0.25, -0.2) is 4.39 Å². The molecule has 1 N–H and O–H groups in total. The van der Waals surface area contributed by atoms with E-state index in [0.29, 0.717) is 12.1 Å². The van der Waals surface area contributed by atoms with Crippen LogP contribution < -0.4 is 0 Å². The van der Waals surface area contributed by atoms with Crippen molar-refractivity contribution in [2.24, 2.45) is 0 Å². The zero-order valence-electron chi connectivity index (χ0n) is 10.8. The van der Waals surface area contributed by atoms with Crippen molar-refractivity contribution in [3.8, 4) is 0 Å². The average Bonchev–Trinajstić information content (AvgIpc) is 2.32. The summed E-state index contributed by atoms with van der Waals surface area (Å²) in [7, 11) is 2.17. The summed E-state index contributed by atoms with van der Waals surface area (Å²) in [6.07, 6.45) is 5.13. The minimum atomic E-state index is -0.768. The number of aliphatic hydroxyl groups is 1. The summed E-state index contributed by atoms with van der Waals surface area (Å²) in [5.41, 5.74) is 0.101. The van der Waals surface area contributed by atoms with Crippen molar-refractivity contribution in [3.05, 3.63) is 35.6 Å². The van der Waals surface area contributed by atoms with Crippen molar-refractivity contribution in [1.29, 1.82) is 0 Å². The number of nitrogens with zero attached hydrogens (tertiary/aromatic N) is 1. The summed E-state index contributed by atoms with van der Waals surface area (Å²) in [4.78, 5) is 2.42. The number of fused-ring (bicyclic) bond motifs is 2. The predicted molar refractivity (Wildman–Crippen MR) is 68.7 cm³/mol. The van der Waals surface area contributed by atoms with Gasteiger partial charge in [0.2, 0.25) is 0 Å². The SMILES string of the molecule is CN1C2CCCC1CC(O)(c1ccc(F)cc1)C2. The molecule has 2 heterocycles. The van der Waals surface area contributed by atoms with Gasteiger partial charge in [0.1, 0.15) is 5.82 Å². The van der Waals surface area contributed by atoms with Crippen molar-refractivity contribution in [1.82, 2.24) is 4.90 Å². The van der Waals surface area contributed by atoms with E-state index in [4.69, 9.17) is 0 Å².